The lowest BCUT2D eigenvalue weighted by Gasteiger charge is -2.45. The standard InChI is InChI=1S/C13H21N5O2S/c1-17-5-2-3-10-9-18(6-4-12(10)17)21(19,20)11-7-15-13(14)16-8-11/h7-8,10,12H,2-6,9H2,1H3,(H2,14,15,16). The van der Waals surface area contributed by atoms with Gasteiger partial charge in [0.25, 0.3) is 0 Å². The molecule has 0 aromatic carbocycles. The molecule has 0 aliphatic carbocycles. The average Bonchev–Trinajstić information content (AvgIpc) is 2.47. The molecule has 0 bridgehead atoms. The van der Waals surface area contributed by atoms with Crippen molar-refractivity contribution < 1.29 is 8.42 Å². The molecule has 21 heavy (non-hydrogen) atoms. The summed E-state index contributed by atoms with van der Waals surface area (Å²) in [5.41, 5.74) is 5.41. The lowest BCUT2D eigenvalue weighted by Crippen LogP contribution is -2.53. The number of anilines is 1. The fourth-order valence-electron chi connectivity index (χ4n) is 3.45. The van der Waals surface area contributed by atoms with E-state index in [4.69, 9.17) is 5.73 Å². The first-order valence-corrected chi connectivity index (χ1v) is 8.70. The van der Waals surface area contributed by atoms with E-state index in [-0.39, 0.29) is 10.8 Å². The van der Waals surface area contributed by atoms with E-state index in [2.05, 4.69) is 21.9 Å². The van der Waals surface area contributed by atoms with Crippen LogP contribution in [0, 0.1) is 5.92 Å². The molecule has 0 radical (unpaired) electrons. The van der Waals surface area contributed by atoms with Crippen LogP contribution in [0.1, 0.15) is 19.3 Å². The van der Waals surface area contributed by atoms with Gasteiger partial charge in [0.1, 0.15) is 4.90 Å². The molecule has 0 spiro atoms. The van der Waals surface area contributed by atoms with Crippen molar-refractivity contribution >= 4 is 16.0 Å². The minimum Gasteiger partial charge on any atom is -0.368 e. The summed E-state index contributed by atoms with van der Waals surface area (Å²) in [6, 6.07) is 0.507. The third-order valence-electron chi connectivity index (χ3n) is 4.59. The van der Waals surface area contributed by atoms with E-state index in [0.29, 0.717) is 25.0 Å². The summed E-state index contributed by atoms with van der Waals surface area (Å²) >= 11 is 0. The van der Waals surface area contributed by atoms with Crippen molar-refractivity contribution in [2.75, 3.05) is 32.4 Å². The normalized spacial score (nSPS) is 28.2. The summed E-state index contributed by atoms with van der Waals surface area (Å²) < 4.78 is 26.9. The number of fused-ring (bicyclic) bond motifs is 1. The molecular weight excluding hydrogens is 290 g/mol. The third kappa shape index (κ3) is 2.75. The summed E-state index contributed by atoms with van der Waals surface area (Å²) in [4.78, 5) is 10.1. The van der Waals surface area contributed by atoms with Gasteiger partial charge in [0.2, 0.25) is 16.0 Å². The Bertz CT molecular complexity index is 603. The zero-order valence-electron chi connectivity index (χ0n) is 12.1. The summed E-state index contributed by atoms with van der Waals surface area (Å²) in [6.45, 7) is 2.25. The molecule has 3 heterocycles. The molecule has 2 N–H and O–H groups in total. The molecule has 3 rings (SSSR count). The van der Waals surface area contributed by atoms with Crippen LogP contribution in [0.2, 0.25) is 0 Å². The average molecular weight is 311 g/mol. The van der Waals surface area contributed by atoms with Gasteiger partial charge >= 0.3 is 0 Å². The molecule has 2 fully saturated rings. The maximum absolute atomic E-state index is 12.6. The van der Waals surface area contributed by atoms with Crippen LogP contribution < -0.4 is 5.73 Å². The van der Waals surface area contributed by atoms with Gasteiger partial charge in [-0.05, 0) is 38.8 Å². The van der Waals surface area contributed by atoms with Crippen molar-refractivity contribution in [3.05, 3.63) is 12.4 Å². The molecule has 2 aliphatic rings. The summed E-state index contributed by atoms with van der Waals surface area (Å²) in [5, 5.41) is 0. The monoisotopic (exact) mass is 311 g/mol. The zero-order chi connectivity index (χ0) is 15.0. The second-order valence-corrected chi connectivity index (χ2v) is 7.82. The molecule has 0 saturated carbocycles. The molecule has 0 amide bonds. The Morgan fingerprint density at radius 1 is 1.24 bits per heavy atom. The van der Waals surface area contributed by atoms with Crippen molar-refractivity contribution in [1.82, 2.24) is 19.2 Å². The minimum atomic E-state index is -3.51. The number of nitrogens with two attached hydrogens (primary N) is 1. The molecule has 2 aliphatic heterocycles. The van der Waals surface area contributed by atoms with Crippen LogP contribution in [0.15, 0.2) is 17.3 Å². The molecule has 2 unspecified atom stereocenters. The summed E-state index contributed by atoms with van der Waals surface area (Å²) in [6.07, 6.45) is 5.69. The second-order valence-electron chi connectivity index (χ2n) is 5.88. The number of aromatic nitrogens is 2. The van der Waals surface area contributed by atoms with Crippen molar-refractivity contribution in [2.24, 2.45) is 5.92 Å². The van der Waals surface area contributed by atoms with Gasteiger partial charge in [-0.15, -0.1) is 0 Å². The quantitative estimate of drug-likeness (QED) is 0.836. The first kappa shape index (κ1) is 14.7. The van der Waals surface area contributed by atoms with Crippen molar-refractivity contribution in [3.8, 4) is 0 Å². The van der Waals surface area contributed by atoms with Crippen LogP contribution >= 0.6 is 0 Å². The Morgan fingerprint density at radius 3 is 2.67 bits per heavy atom. The number of hydrogen-bond donors (Lipinski definition) is 1. The minimum absolute atomic E-state index is 0.0848. The van der Waals surface area contributed by atoms with Gasteiger partial charge in [0, 0.05) is 19.1 Å². The van der Waals surface area contributed by atoms with Crippen LogP contribution in [0.4, 0.5) is 5.95 Å². The fraction of sp³-hybridized carbons (Fsp3) is 0.692. The Hall–Kier alpha value is -1.25. The Labute approximate surface area is 125 Å². The Balaban J connectivity index is 1.79. The largest absolute Gasteiger partial charge is 0.368 e. The first-order chi connectivity index (χ1) is 9.98. The molecule has 116 valence electrons. The Kier molecular flexibility index (Phi) is 3.85. The number of nitrogens with zero attached hydrogens (tertiary/aromatic N) is 4. The number of likely N-dealkylation sites (tertiary alicyclic amines) is 1. The van der Waals surface area contributed by atoms with Crippen LogP contribution in [0.3, 0.4) is 0 Å². The molecule has 2 atom stereocenters. The number of piperidine rings is 2. The van der Waals surface area contributed by atoms with Crippen LogP contribution in [-0.4, -0.2) is 60.3 Å². The predicted octanol–water partition coefficient (Wildman–Crippen LogP) is 0.164. The molecule has 8 heteroatoms. The van der Waals surface area contributed by atoms with E-state index in [0.717, 1.165) is 25.8 Å². The van der Waals surface area contributed by atoms with E-state index in [9.17, 15) is 8.42 Å². The maximum atomic E-state index is 12.6. The van der Waals surface area contributed by atoms with Gasteiger partial charge in [0.15, 0.2) is 0 Å². The Morgan fingerprint density at radius 2 is 1.95 bits per heavy atom. The van der Waals surface area contributed by atoms with Crippen LogP contribution in [0.25, 0.3) is 0 Å². The first-order valence-electron chi connectivity index (χ1n) is 7.26. The summed E-state index contributed by atoms with van der Waals surface area (Å²) in [5.74, 6) is 0.503. The maximum Gasteiger partial charge on any atom is 0.246 e. The van der Waals surface area contributed by atoms with Crippen LogP contribution in [0.5, 0.6) is 0 Å². The van der Waals surface area contributed by atoms with E-state index in [1.54, 1.807) is 4.31 Å². The fourth-order valence-corrected chi connectivity index (χ4v) is 4.85. The van der Waals surface area contributed by atoms with Gasteiger partial charge in [-0.25, -0.2) is 18.4 Å². The lowest BCUT2D eigenvalue weighted by atomic mass is 9.85. The van der Waals surface area contributed by atoms with Crippen LogP contribution in [-0.2, 0) is 10.0 Å². The SMILES string of the molecule is CN1CCCC2CN(S(=O)(=O)c3cnc(N)nc3)CCC21. The van der Waals surface area contributed by atoms with Gasteiger partial charge in [0.05, 0.1) is 12.4 Å². The highest BCUT2D eigenvalue weighted by Crippen LogP contribution is 2.31. The molecule has 7 nitrogen and oxygen atoms in total. The van der Waals surface area contributed by atoms with E-state index < -0.39 is 10.0 Å². The molecule has 2 saturated heterocycles. The number of nitrogen functional groups attached to an aromatic ring is 1. The van der Waals surface area contributed by atoms with Gasteiger partial charge in [-0.2, -0.15) is 4.31 Å². The highest BCUT2D eigenvalue weighted by atomic mass is 32.2. The van der Waals surface area contributed by atoms with E-state index >= 15 is 0 Å². The van der Waals surface area contributed by atoms with Crippen molar-refractivity contribution in [1.29, 1.82) is 0 Å². The van der Waals surface area contributed by atoms with E-state index in [1.165, 1.54) is 12.4 Å². The lowest BCUT2D eigenvalue weighted by molar-refractivity contribution is 0.0671. The predicted molar refractivity (Wildman–Crippen MR) is 79.0 cm³/mol. The molecule has 1 aromatic heterocycles. The van der Waals surface area contributed by atoms with Crippen molar-refractivity contribution in [2.45, 2.75) is 30.2 Å². The highest BCUT2D eigenvalue weighted by molar-refractivity contribution is 7.89. The van der Waals surface area contributed by atoms with Gasteiger partial charge in [-0.3, -0.25) is 0 Å². The zero-order valence-corrected chi connectivity index (χ0v) is 13.0. The molecular formula is C13H21N5O2S. The smallest absolute Gasteiger partial charge is 0.246 e. The number of hydrogen-bond acceptors (Lipinski definition) is 6. The van der Waals surface area contributed by atoms with E-state index in [1.807, 2.05) is 0 Å². The third-order valence-corrected chi connectivity index (χ3v) is 6.41. The molecule has 1 aromatic rings. The van der Waals surface area contributed by atoms with Gasteiger partial charge < -0.3 is 10.6 Å². The number of rotatable bonds is 2. The summed E-state index contributed by atoms with van der Waals surface area (Å²) in [7, 11) is -1.38. The topological polar surface area (TPSA) is 92.4 Å². The highest BCUT2D eigenvalue weighted by Gasteiger charge is 2.38. The second kappa shape index (κ2) is 5.51. The number of sulfonamides is 1. The van der Waals surface area contributed by atoms with Gasteiger partial charge in [-0.1, -0.05) is 0 Å². The van der Waals surface area contributed by atoms with Crippen molar-refractivity contribution in [3.63, 3.8) is 0 Å².